The Hall–Kier alpha value is -1.40. The molecular weight excluding hydrogens is 338 g/mol. The molecule has 0 unspecified atom stereocenters. The summed E-state index contributed by atoms with van der Waals surface area (Å²) in [6.07, 6.45) is 8.82. The van der Waals surface area contributed by atoms with E-state index in [0.29, 0.717) is 12.8 Å². The summed E-state index contributed by atoms with van der Waals surface area (Å²) in [5.74, 6) is -0.476. The number of hydrogen-bond donors (Lipinski definition) is 1. The van der Waals surface area contributed by atoms with Gasteiger partial charge in [-0.05, 0) is 61.8 Å². The largest absolute Gasteiger partial charge is 0.468 e. The zero-order chi connectivity index (χ0) is 17.9. The molecule has 0 radical (unpaired) electrons. The van der Waals surface area contributed by atoms with E-state index in [9.17, 15) is 13.2 Å². The Bertz CT molecular complexity index is 734. The minimum atomic E-state index is -3.77. The van der Waals surface area contributed by atoms with E-state index in [1.54, 1.807) is 12.1 Å². The number of carbonyl (C=O) groups excluding carboxylic acids is 1. The van der Waals surface area contributed by atoms with Crippen LogP contribution >= 0.6 is 0 Å². The fourth-order valence-corrected chi connectivity index (χ4v) is 5.53. The molecule has 2 aliphatic carbocycles. The Morgan fingerprint density at radius 1 is 1.00 bits per heavy atom. The molecule has 5 nitrogen and oxygen atoms in total. The average Bonchev–Trinajstić information content (AvgIpc) is 2.86. The van der Waals surface area contributed by atoms with Gasteiger partial charge in [0.1, 0.15) is 5.54 Å². The van der Waals surface area contributed by atoms with E-state index in [1.165, 1.54) is 12.7 Å². The molecule has 0 heterocycles. The standard InChI is InChI=1S/C19H27NO4S/c1-24-18(21)19(12-6-2-3-7-13-19)20-25(22,23)17-11-10-15-8-4-5-9-16(15)14-17/h10-11,14,20H,2-9,12-13H2,1H3. The first-order chi connectivity index (χ1) is 12.0. The Balaban J connectivity index is 1.91. The molecule has 0 saturated heterocycles. The normalized spacial score (nSPS) is 20.4. The third-order valence-electron chi connectivity index (χ3n) is 5.49. The van der Waals surface area contributed by atoms with Crippen molar-refractivity contribution in [3.8, 4) is 0 Å². The van der Waals surface area contributed by atoms with Crippen molar-refractivity contribution in [3.05, 3.63) is 29.3 Å². The van der Waals surface area contributed by atoms with Crippen LogP contribution in [-0.2, 0) is 32.4 Å². The molecule has 0 amide bonds. The molecule has 1 aromatic carbocycles. The molecular formula is C19H27NO4S. The monoisotopic (exact) mass is 365 g/mol. The number of rotatable bonds is 4. The van der Waals surface area contributed by atoms with Crippen molar-refractivity contribution in [2.24, 2.45) is 0 Å². The van der Waals surface area contributed by atoms with Crippen LogP contribution in [0.5, 0.6) is 0 Å². The summed E-state index contributed by atoms with van der Waals surface area (Å²) < 4.78 is 33.7. The van der Waals surface area contributed by atoms with Gasteiger partial charge in [-0.25, -0.2) is 8.42 Å². The number of methoxy groups -OCH3 is 1. The van der Waals surface area contributed by atoms with Crippen molar-refractivity contribution in [1.29, 1.82) is 0 Å². The highest BCUT2D eigenvalue weighted by molar-refractivity contribution is 7.89. The number of hydrogen-bond acceptors (Lipinski definition) is 4. The molecule has 1 fully saturated rings. The molecule has 25 heavy (non-hydrogen) atoms. The molecule has 138 valence electrons. The fraction of sp³-hybridized carbons (Fsp3) is 0.632. The van der Waals surface area contributed by atoms with E-state index < -0.39 is 21.5 Å². The van der Waals surface area contributed by atoms with Gasteiger partial charge < -0.3 is 4.74 Å². The maximum atomic E-state index is 13.0. The van der Waals surface area contributed by atoms with Crippen molar-refractivity contribution < 1.29 is 17.9 Å². The highest BCUT2D eigenvalue weighted by Gasteiger charge is 2.43. The quantitative estimate of drug-likeness (QED) is 0.657. The SMILES string of the molecule is COC(=O)C1(NS(=O)(=O)c2ccc3c(c2)CCCC3)CCCCCC1. The van der Waals surface area contributed by atoms with Crippen molar-refractivity contribution in [2.75, 3.05) is 7.11 Å². The highest BCUT2D eigenvalue weighted by atomic mass is 32.2. The summed E-state index contributed by atoms with van der Waals surface area (Å²) in [5, 5.41) is 0. The van der Waals surface area contributed by atoms with Gasteiger partial charge in [0.15, 0.2) is 0 Å². The molecule has 0 aliphatic heterocycles. The van der Waals surface area contributed by atoms with Crippen LogP contribution in [0.3, 0.4) is 0 Å². The molecule has 2 aliphatic rings. The molecule has 6 heteroatoms. The predicted molar refractivity (Wildman–Crippen MR) is 95.9 cm³/mol. The van der Waals surface area contributed by atoms with Gasteiger partial charge in [0.05, 0.1) is 12.0 Å². The topological polar surface area (TPSA) is 72.5 Å². The van der Waals surface area contributed by atoms with Gasteiger partial charge in [0.25, 0.3) is 0 Å². The number of carbonyl (C=O) groups is 1. The zero-order valence-electron chi connectivity index (χ0n) is 14.8. The van der Waals surface area contributed by atoms with Gasteiger partial charge in [-0.2, -0.15) is 4.72 Å². The second-order valence-corrected chi connectivity index (χ2v) is 8.91. The number of esters is 1. The van der Waals surface area contributed by atoms with E-state index in [-0.39, 0.29) is 4.90 Å². The Kier molecular flexibility index (Phi) is 5.49. The van der Waals surface area contributed by atoms with Gasteiger partial charge in [-0.3, -0.25) is 4.79 Å². The van der Waals surface area contributed by atoms with Crippen LogP contribution in [0.4, 0.5) is 0 Å². The van der Waals surface area contributed by atoms with Crippen molar-refractivity contribution in [1.82, 2.24) is 4.72 Å². The maximum Gasteiger partial charge on any atom is 0.327 e. The van der Waals surface area contributed by atoms with Gasteiger partial charge in [-0.1, -0.05) is 31.7 Å². The molecule has 0 bridgehead atoms. The molecule has 0 aromatic heterocycles. The number of nitrogens with one attached hydrogen (secondary N) is 1. The molecule has 1 N–H and O–H groups in total. The fourth-order valence-electron chi connectivity index (χ4n) is 4.07. The lowest BCUT2D eigenvalue weighted by Crippen LogP contribution is -2.54. The summed E-state index contributed by atoms with van der Waals surface area (Å²) in [6, 6.07) is 5.35. The lowest BCUT2D eigenvalue weighted by molar-refractivity contribution is -0.148. The third kappa shape index (κ3) is 3.90. The summed E-state index contributed by atoms with van der Waals surface area (Å²) in [7, 11) is -2.45. The zero-order valence-corrected chi connectivity index (χ0v) is 15.7. The number of ether oxygens (including phenoxy) is 1. The maximum absolute atomic E-state index is 13.0. The van der Waals surface area contributed by atoms with Crippen LogP contribution in [0.25, 0.3) is 0 Å². The summed E-state index contributed by atoms with van der Waals surface area (Å²) in [5.41, 5.74) is 1.21. The number of benzene rings is 1. The van der Waals surface area contributed by atoms with Gasteiger partial charge in [-0.15, -0.1) is 0 Å². The van der Waals surface area contributed by atoms with E-state index in [0.717, 1.165) is 56.9 Å². The predicted octanol–water partition coefficient (Wildman–Crippen LogP) is 3.11. The summed E-state index contributed by atoms with van der Waals surface area (Å²) >= 11 is 0. The molecule has 0 spiro atoms. The minimum absolute atomic E-state index is 0.251. The van der Waals surface area contributed by atoms with Crippen LogP contribution < -0.4 is 4.72 Å². The van der Waals surface area contributed by atoms with Crippen molar-refractivity contribution in [3.63, 3.8) is 0 Å². The number of fused-ring (bicyclic) bond motifs is 1. The van der Waals surface area contributed by atoms with Gasteiger partial charge in [0, 0.05) is 0 Å². The smallest absolute Gasteiger partial charge is 0.327 e. The molecule has 0 atom stereocenters. The van der Waals surface area contributed by atoms with Crippen molar-refractivity contribution in [2.45, 2.75) is 74.6 Å². The van der Waals surface area contributed by atoms with E-state index in [4.69, 9.17) is 4.74 Å². The first-order valence-corrected chi connectivity index (χ1v) is 10.7. The second-order valence-electron chi connectivity index (χ2n) is 7.23. The lowest BCUT2D eigenvalue weighted by Gasteiger charge is -2.30. The van der Waals surface area contributed by atoms with Crippen LogP contribution in [0, 0.1) is 0 Å². The van der Waals surface area contributed by atoms with Crippen molar-refractivity contribution >= 4 is 16.0 Å². The Morgan fingerprint density at radius 2 is 1.64 bits per heavy atom. The van der Waals surface area contributed by atoms with Crippen LogP contribution in [0.15, 0.2) is 23.1 Å². The van der Waals surface area contributed by atoms with E-state index in [1.807, 2.05) is 6.07 Å². The Morgan fingerprint density at radius 3 is 2.28 bits per heavy atom. The minimum Gasteiger partial charge on any atom is -0.468 e. The highest BCUT2D eigenvalue weighted by Crippen LogP contribution is 2.31. The van der Waals surface area contributed by atoms with Crippen LogP contribution in [-0.4, -0.2) is 27.0 Å². The molecule has 1 saturated carbocycles. The second kappa shape index (κ2) is 7.46. The van der Waals surface area contributed by atoms with Crippen LogP contribution in [0.2, 0.25) is 0 Å². The van der Waals surface area contributed by atoms with Crippen LogP contribution in [0.1, 0.15) is 62.5 Å². The number of aryl methyl sites for hydroxylation is 2. The molecule has 3 rings (SSSR count). The third-order valence-corrected chi connectivity index (χ3v) is 7.03. The Labute approximate surface area is 150 Å². The lowest BCUT2D eigenvalue weighted by atomic mass is 9.92. The average molecular weight is 365 g/mol. The number of sulfonamides is 1. The van der Waals surface area contributed by atoms with E-state index >= 15 is 0 Å². The first kappa shape index (κ1) is 18.4. The van der Waals surface area contributed by atoms with Gasteiger partial charge >= 0.3 is 5.97 Å². The summed E-state index contributed by atoms with van der Waals surface area (Å²) in [4.78, 5) is 12.7. The molecule has 1 aromatic rings. The van der Waals surface area contributed by atoms with Gasteiger partial charge in [0.2, 0.25) is 10.0 Å². The summed E-state index contributed by atoms with van der Waals surface area (Å²) in [6.45, 7) is 0. The first-order valence-electron chi connectivity index (χ1n) is 9.21. The van der Waals surface area contributed by atoms with E-state index in [2.05, 4.69) is 4.72 Å².